The highest BCUT2D eigenvalue weighted by Crippen LogP contribution is 2.37. The molecule has 8 nitrogen and oxygen atoms in total. The predicted octanol–water partition coefficient (Wildman–Crippen LogP) is 0.611. The van der Waals surface area contributed by atoms with Gasteiger partial charge in [-0.3, -0.25) is 19.6 Å². The topological polar surface area (TPSA) is 124 Å². The smallest absolute Gasteiger partial charge is 0.347 e. The lowest BCUT2D eigenvalue weighted by Gasteiger charge is -2.42. The zero-order chi connectivity index (χ0) is 18.0. The minimum Gasteiger partial charge on any atom is -0.624 e. The van der Waals surface area contributed by atoms with Crippen molar-refractivity contribution in [3.8, 4) is 0 Å². The summed E-state index contributed by atoms with van der Waals surface area (Å²) < 4.78 is -1.25. The van der Waals surface area contributed by atoms with E-state index in [2.05, 4.69) is 10.6 Å². The van der Waals surface area contributed by atoms with Crippen molar-refractivity contribution in [1.82, 2.24) is 5.32 Å². The van der Waals surface area contributed by atoms with Crippen molar-refractivity contribution >= 4 is 23.4 Å². The van der Waals surface area contributed by atoms with E-state index in [0.29, 0.717) is 24.2 Å². The van der Waals surface area contributed by atoms with Crippen molar-refractivity contribution in [3.63, 3.8) is 0 Å². The normalized spacial score (nSPS) is 25.7. The second-order valence-corrected chi connectivity index (χ2v) is 6.48. The van der Waals surface area contributed by atoms with Crippen molar-refractivity contribution in [1.29, 1.82) is 0 Å². The SMILES string of the molecule is NCCCCNc1cccc2c1C[N+]([O-])(C1CCC(=O)NC1=O)C2=O. The molecule has 1 fully saturated rings. The fourth-order valence-corrected chi connectivity index (χ4v) is 3.46. The third-order valence-electron chi connectivity index (χ3n) is 4.80. The summed E-state index contributed by atoms with van der Waals surface area (Å²) in [5.41, 5.74) is 7.21. The Morgan fingerprint density at radius 2 is 2.08 bits per heavy atom. The highest BCUT2D eigenvalue weighted by Gasteiger charge is 2.49. The Hall–Kier alpha value is -2.29. The molecule has 2 aliphatic heterocycles. The molecule has 0 saturated carbocycles. The molecule has 0 aromatic heterocycles. The number of anilines is 1. The number of amides is 3. The van der Waals surface area contributed by atoms with Gasteiger partial charge in [0.1, 0.15) is 6.54 Å². The van der Waals surface area contributed by atoms with Gasteiger partial charge in [-0.1, -0.05) is 6.07 Å². The number of hydroxylamine groups is 3. The van der Waals surface area contributed by atoms with E-state index < -0.39 is 28.4 Å². The number of hydrogen-bond acceptors (Lipinski definition) is 6. The van der Waals surface area contributed by atoms with Crippen molar-refractivity contribution in [2.45, 2.75) is 38.3 Å². The highest BCUT2D eigenvalue weighted by molar-refractivity contribution is 6.02. The van der Waals surface area contributed by atoms with Crippen molar-refractivity contribution in [3.05, 3.63) is 34.5 Å². The van der Waals surface area contributed by atoms with Crippen LogP contribution >= 0.6 is 0 Å². The molecule has 0 bridgehead atoms. The first-order chi connectivity index (χ1) is 12.0. The van der Waals surface area contributed by atoms with E-state index in [-0.39, 0.29) is 19.4 Å². The van der Waals surface area contributed by atoms with E-state index in [1.54, 1.807) is 12.1 Å². The van der Waals surface area contributed by atoms with Crippen LogP contribution in [-0.4, -0.2) is 41.5 Å². The first-order valence-electron chi connectivity index (χ1n) is 8.50. The second kappa shape index (κ2) is 6.91. The number of imide groups is 1. The minimum absolute atomic E-state index is 0.0759. The minimum atomic E-state index is -1.25. The van der Waals surface area contributed by atoms with E-state index in [9.17, 15) is 19.6 Å². The molecule has 3 amide bonds. The van der Waals surface area contributed by atoms with Crippen molar-refractivity contribution in [2.75, 3.05) is 18.4 Å². The fraction of sp³-hybridized carbons (Fsp3) is 0.471. The highest BCUT2D eigenvalue weighted by atomic mass is 16.6. The molecule has 1 saturated heterocycles. The van der Waals surface area contributed by atoms with Crippen LogP contribution in [0.5, 0.6) is 0 Å². The van der Waals surface area contributed by atoms with Crippen LogP contribution in [0.15, 0.2) is 18.2 Å². The summed E-state index contributed by atoms with van der Waals surface area (Å²) in [5, 5.41) is 18.7. The largest absolute Gasteiger partial charge is 0.624 e. The third-order valence-corrected chi connectivity index (χ3v) is 4.80. The van der Waals surface area contributed by atoms with Crippen molar-refractivity contribution < 1.29 is 19.0 Å². The Bertz CT molecular complexity index is 721. The van der Waals surface area contributed by atoms with Crippen LogP contribution in [0, 0.1) is 5.21 Å². The average molecular weight is 346 g/mol. The number of nitrogens with two attached hydrogens (primary N) is 1. The molecule has 0 spiro atoms. The number of unbranched alkanes of at least 4 members (excludes halogenated alkanes) is 1. The number of nitrogens with one attached hydrogen (secondary N) is 2. The average Bonchev–Trinajstić information content (AvgIpc) is 2.84. The van der Waals surface area contributed by atoms with Gasteiger partial charge in [-0.05, 0) is 31.5 Å². The lowest BCUT2D eigenvalue weighted by Crippen LogP contribution is -2.60. The lowest BCUT2D eigenvalue weighted by molar-refractivity contribution is -0.825. The summed E-state index contributed by atoms with van der Waals surface area (Å²) in [6, 6.07) is 4.09. The number of nitrogens with zero attached hydrogens (tertiary/aromatic N) is 1. The van der Waals surface area contributed by atoms with Crippen LogP contribution in [0.2, 0.25) is 0 Å². The first kappa shape index (κ1) is 17.5. The van der Waals surface area contributed by atoms with Gasteiger partial charge in [-0.15, -0.1) is 0 Å². The maximum absolute atomic E-state index is 13.3. The Morgan fingerprint density at radius 3 is 2.80 bits per heavy atom. The molecule has 3 rings (SSSR count). The number of carbonyl (C=O) groups excluding carboxylic acids is 3. The molecule has 0 radical (unpaired) electrons. The summed E-state index contributed by atoms with van der Waals surface area (Å²) in [6.45, 7) is 1.21. The Balaban J connectivity index is 1.82. The number of rotatable bonds is 6. The molecule has 2 unspecified atom stereocenters. The Kier molecular flexibility index (Phi) is 4.85. The standard InChI is InChI=1S/C17H22N4O4/c18-8-1-2-9-19-13-5-3-4-11-12(13)10-21(25,17(11)24)14-6-7-15(22)20-16(14)23/h3-5,14,19H,1-2,6-10,18H2,(H,20,22,23). The molecule has 8 heteroatoms. The summed E-state index contributed by atoms with van der Waals surface area (Å²) >= 11 is 0. The Labute approximate surface area is 145 Å². The van der Waals surface area contributed by atoms with Crippen LogP contribution in [0.25, 0.3) is 0 Å². The molecular formula is C17H22N4O4. The maximum atomic E-state index is 13.3. The number of carbonyl (C=O) groups is 3. The van der Waals surface area contributed by atoms with Gasteiger partial charge in [0.15, 0.2) is 6.04 Å². The lowest BCUT2D eigenvalue weighted by atomic mass is 10.0. The molecular weight excluding hydrogens is 324 g/mol. The summed E-state index contributed by atoms with van der Waals surface area (Å²) in [6.07, 6.45) is 1.94. The van der Waals surface area contributed by atoms with Crippen LogP contribution in [0.3, 0.4) is 0 Å². The van der Waals surface area contributed by atoms with Gasteiger partial charge in [-0.2, -0.15) is 0 Å². The summed E-state index contributed by atoms with van der Waals surface area (Å²) in [4.78, 5) is 36.1. The zero-order valence-corrected chi connectivity index (χ0v) is 13.9. The van der Waals surface area contributed by atoms with Crippen LogP contribution in [0.4, 0.5) is 5.69 Å². The second-order valence-electron chi connectivity index (χ2n) is 6.48. The van der Waals surface area contributed by atoms with Gasteiger partial charge < -0.3 is 16.3 Å². The van der Waals surface area contributed by atoms with E-state index >= 15 is 0 Å². The van der Waals surface area contributed by atoms with E-state index in [1.165, 1.54) is 0 Å². The van der Waals surface area contributed by atoms with Crippen LogP contribution in [-0.2, 0) is 16.1 Å². The fourth-order valence-electron chi connectivity index (χ4n) is 3.46. The summed E-state index contributed by atoms with van der Waals surface area (Å²) in [7, 11) is 0. The molecule has 2 atom stereocenters. The molecule has 2 aliphatic rings. The quantitative estimate of drug-likeness (QED) is 0.300. The van der Waals surface area contributed by atoms with E-state index in [4.69, 9.17) is 5.73 Å². The number of fused-ring (bicyclic) bond motifs is 1. The third kappa shape index (κ3) is 3.15. The summed E-state index contributed by atoms with van der Waals surface area (Å²) in [5.74, 6) is -1.68. The Morgan fingerprint density at radius 1 is 1.28 bits per heavy atom. The van der Waals surface area contributed by atoms with Gasteiger partial charge in [0.05, 0.1) is 5.56 Å². The monoisotopic (exact) mass is 346 g/mol. The van der Waals surface area contributed by atoms with Crippen LogP contribution < -0.4 is 16.4 Å². The number of quaternary nitrogens is 1. The van der Waals surface area contributed by atoms with Gasteiger partial charge in [0.2, 0.25) is 5.91 Å². The molecule has 1 aromatic rings. The number of piperidine rings is 1. The van der Waals surface area contributed by atoms with Gasteiger partial charge in [0, 0.05) is 30.6 Å². The molecule has 25 heavy (non-hydrogen) atoms. The molecule has 1 aromatic carbocycles. The van der Waals surface area contributed by atoms with Gasteiger partial charge >= 0.3 is 5.91 Å². The van der Waals surface area contributed by atoms with E-state index in [0.717, 1.165) is 18.5 Å². The van der Waals surface area contributed by atoms with E-state index in [1.807, 2.05) is 6.07 Å². The van der Waals surface area contributed by atoms with Crippen LogP contribution in [0.1, 0.15) is 41.6 Å². The molecule has 2 heterocycles. The first-order valence-corrected chi connectivity index (χ1v) is 8.50. The van der Waals surface area contributed by atoms with Gasteiger partial charge in [0.25, 0.3) is 5.91 Å². The molecule has 4 N–H and O–H groups in total. The maximum Gasteiger partial charge on any atom is 0.347 e. The zero-order valence-electron chi connectivity index (χ0n) is 13.9. The molecule has 134 valence electrons. The molecule has 0 aliphatic carbocycles. The van der Waals surface area contributed by atoms with Gasteiger partial charge in [-0.25, -0.2) is 4.79 Å². The van der Waals surface area contributed by atoms with Crippen molar-refractivity contribution in [2.24, 2.45) is 5.73 Å². The number of hydrogen-bond donors (Lipinski definition) is 3. The number of benzene rings is 1. The predicted molar refractivity (Wildman–Crippen MR) is 91.1 cm³/mol.